The number of aromatic amines is 1. The van der Waals surface area contributed by atoms with Gasteiger partial charge in [0.05, 0.1) is 0 Å². The zero-order valence-corrected chi connectivity index (χ0v) is 13.2. The lowest BCUT2D eigenvalue weighted by molar-refractivity contribution is -0.120. The molecular formula is C19H17N3O2. The van der Waals surface area contributed by atoms with Gasteiger partial charge in [0.15, 0.2) is 0 Å². The van der Waals surface area contributed by atoms with Gasteiger partial charge in [0.25, 0.3) is 5.91 Å². The normalized spacial score (nSPS) is 14.7. The third kappa shape index (κ3) is 2.34. The number of anilines is 1. The largest absolute Gasteiger partial charge is 0.361 e. The molecule has 0 fully saturated rings. The van der Waals surface area contributed by atoms with Gasteiger partial charge in [0.2, 0.25) is 5.91 Å². The molecule has 0 radical (unpaired) electrons. The average molecular weight is 319 g/mol. The zero-order valence-electron chi connectivity index (χ0n) is 13.2. The van der Waals surface area contributed by atoms with Crippen LogP contribution >= 0.6 is 0 Å². The van der Waals surface area contributed by atoms with Crippen molar-refractivity contribution in [3.8, 4) is 0 Å². The predicted molar refractivity (Wildman–Crippen MR) is 92.7 cm³/mol. The molecule has 1 aromatic heterocycles. The second kappa shape index (κ2) is 5.53. The van der Waals surface area contributed by atoms with Gasteiger partial charge in [-0.15, -0.1) is 0 Å². The first-order valence-corrected chi connectivity index (χ1v) is 7.90. The number of hydrogen-bond acceptors (Lipinski definition) is 2. The van der Waals surface area contributed by atoms with Gasteiger partial charge in [-0.2, -0.15) is 0 Å². The molecule has 1 atom stereocenters. The summed E-state index contributed by atoms with van der Waals surface area (Å²) in [7, 11) is 0. The topological polar surface area (TPSA) is 65.2 Å². The van der Waals surface area contributed by atoms with Crippen LogP contribution in [0.25, 0.3) is 10.9 Å². The molecule has 2 heterocycles. The first-order valence-electron chi connectivity index (χ1n) is 7.90. The van der Waals surface area contributed by atoms with E-state index in [-0.39, 0.29) is 11.8 Å². The number of benzene rings is 2. The van der Waals surface area contributed by atoms with Crippen molar-refractivity contribution in [2.45, 2.75) is 19.5 Å². The Kier molecular flexibility index (Phi) is 3.34. The molecule has 120 valence electrons. The van der Waals surface area contributed by atoms with Crippen LogP contribution in [0, 0.1) is 0 Å². The Balaban J connectivity index is 1.51. The maximum absolute atomic E-state index is 12.6. The Hall–Kier alpha value is -3.08. The summed E-state index contributed by atoms with van der Waals surface area (Å²) in [5.74, 6) is -0.277. The Morgan fingerprint density at radius 1 is 1.21 bits per heavy atom. The maximum Gasteiger partial charge on any atom is 0.255 e. The highest BCUT2D eigenvalue weighted by Crippen LogP contribution is 2.25. The van der Waals surface area contributed by atoms with E-state index in [1.807, 2.05) is 54.7 Å². The fraction of sp³-hybridized carbons (Fsp3) is 0.158. The van der Waals surface area contributed by atoms with Crippen LogP contribution in [0.15, 0.2) is 54.7 Å². The van der Waals surface area contributed by atoms with E-state index < -0.39 is 6.04 Å². The number of hydrogen-bond donors (Lipinski definition) is 2. The van der Waals surface area contributed by atoms with Crippen molar-refractivity contribution in [1.82, 2.24) is 9.88 Å². The van der Waals surface area contributed by atoms with Crippen LogP contribution in [-0.4, -0.2) is 27.7 Å². The first-order chi connectivity index (χ1) is 11.6. The minimum absolute atomic E-state index is 0.0886. The Morgan fingerprint density at radius 3 is 2.88 bits per heavy atom. The molecule has 1 aliphatic heterocycles. The van der Waals surface area contributed by atoms with Gasteiger partial charge in [-0.3, -0.25) is 9.59 Å². The van der Waals surface area contributed by atoms with Crippen molar-refractivity contribution in [1.29, 1.82) is 0 Å². The Bertz CT molecular complexity index is 944. The number of nitrogens with zero attached hydrogens (tertiary/aromatic N) is 1. The number of H-pyrrole nitrogens is 1. The lowest BCUT2D eigenvalue weighted by Crippen LogP contribution is -2.42. The highest BCUT2D eigenvalue weighted by Gasteiger charge is 2.33. The van der Waals surface area contributed by atoms with E-state index >= 15 is 0 Å². The number of aromatic nitrogens is 1. The second-order valence-corrected chi connectivity index (χ2v) is 6.04. The summed E-state index contributed by atoms with van der Waals surface area (Å²) in [6.07, 6.45) is 1.86. The third-order valence-electron chi connectivity index (χ3n) is 4.52. The van der Waals surface area contributed by atoms with Gasteiger partial charge < -0.3 is 15.2 Å². The van der Waals surface area contributed by atoms with Crippen LogP contribution in [0.3, 0.4) is 0 Å². The first kappa shape index (κ1) is 14.5. The molecule has 0 spiro atoms. The highest BCUT2D eigenvalue weighted by molar-refractivity contribution is 6.03. The van der Waals surface area contributed by atoms with Crippen molar-refractivity contribution in [3.05, 3.63) is 65.9 Å². The van der Waals surface area contributed by atoms with Crippen LogP contribution in [0.5, 0.6) is 0 Å². The van der Waals surface area contributed by atoms with Gasteiger partial charge in [-0.1, -0.05) is 18.2 Å². The minimum atomic E-state index is -0.535. The molecule has 1 aliphatic rings. The highest BCUT2D eigenvalue weighted by atomic mass is 16.2. The van der Waals surface area contributed by atoms with Gasteiger partial charge in [-0.05, 0) is 42.8 Å². The lowest BCUT2D eigenvalue weighted by atomic mass is 10.1. The van der Waals surface area contributed by atoms with Crippen LogP contribution in [0.4, 0.5) is 5.69 Å². The summed E-state index contributed by atoms with van der Waals surface area (Å²) in [6.45, 7) is 2.23. The summed E-state index contributed by atoms with van der Waals surface area (Å²) >= 11 is 0. The van der Waals surface area contributed by atoms with Gasteiger partial charge in [-0.25, -0.2) is 0 Å². The van der Waals surface area contributed by atoms with Gasteiger partial charge >= 0.3 is 0 Å². The van der Waals surface area contributed by atoms with E-state index in [4.69, 9.17) is 0 Å². The standard InChI is InChI=1S/C19H17N3O2/c1-12(22-11-14-4-2-3-5-16(14)19(22)24)18(23)21-15-6-7-17-13(10-15)8-9-20-17/h2-10,12,20H,11H2,1H3,(H,21,23)/t12-/m0/s1. The van der Waals surface area contributed by atoms with Crippen LogP contribution in [0.1, 0.15) is 22.8 Å². The number of carbonyl (C=O) groups is 2. The number of carbonyl (C=O) groups excluding carboxylic acids is 2. The van der Waals surface area contributed by atoms with E-state index in [0.717, 1.165) is 22.2 Å². The van der Waals surface area contributed by atoms with Gasteiger partial charge in [0.1, 0.15) is 6.04 Å². The molecule has 3 aromatic rings. The predicted octanol–water partition coefficient (Wildman–Crippen LogP) is 3.15. The minimum Gasteiger partial charge on any atom is -0.361 e. The fourth-order valence-corrected chi connectivity index (χ4v) is 3.11. The number of amides is 2. The van der Waals surface area contributed by atoms with Crippen molar-refractivity contribution in [2.24, 2.45) is 0 Å². The molecule has 0 saturated carbocycles. The average Bonchev–Trinajstić information content (AvgIpc) is 3.18. The molecule has 5 nitrogen and oxygen atoms in total. The van der Waals surface area contributed by atoms with E-state index in [2.05, 4.69) is 10.3 Å². The van der Waals surface area contributed by atoms with E-state index in [9.17, 15) is 9.59 Å². The van der Waals surface area contributed by atoms with E-state index in [0.29, 0.717) is 12.1 Å². The number of fused-ring (bicyclic) bond motifs is 2. The molecule has 0 aliphatic carbocycles. The van der Waals surface area contributed by atoms with Crippen molar-refractivity contribution >= 4 is 28.4 Å². The summed E-state index contributed by atoms with van der Waals surface area (Å²) in [4.78, 5) is 29.8. The van der Waals surface area contributed by atoms with Crippen LogP contribution in [-0.2, 0) is 11.3 Å². The smallest absolute Gasteiger partial charge is 0.255 e. The summed E-state index contributed by atoms with van der Waals surface area (Å²) in [5.41, 5.74) is 3.40. The monoisotopic (exact) mass is 319 g/mol. The van der Waals surface area contributed by atoms with Crippen LogP contribution < -0.4 is 5.32 Å². The molecule has 0 unspecified atom stereocenters. The second-order valence-electron chi connectivity index (χ2n) is 6.04. The fourth-order valence-electron chi connectivity index (χ4n) is 3.11. The lowest BCUT2D eigenvalue weighted by Gasteiger charge is -2.23. The molecule has 4 rings (SSSR count). The quantitative estimate of drug-likeness (QED) is 0.779. The van der Waals surface area contributed by atoms with E-state index in [1.54, 1.807) is 11.8 Å². The van der Waals surface area contributed by atoms with Crippen LogP contribution in [0.2, 0.25) is 0 Å². The third-order valence-corrected chi connectivity index (χ3v) is 4.52. The zero-order chi connectivity index (χ0) is 16.7. The van der Waals surface area contributed by atoms with Crippen molar-refractivity contribution in [3.63, 3.8) is 0 Å². The SMILES string of the molecule is C[C@@H](C(=O)Nc1ccc2[nH]ccc2c1)N1Cc2ccccc2C1=O. The summed E-state index contributed by atoms with van der Waals surface area (Å²) < 4.78 is 0. The van der Waals surface area contributed by atoms with Gasteiger partial charge in [0, 0.05) is 34.9 Å². The molecule has 2 aromatic carbocycles. The number of nitrogens with one attached hydrogen (secondary N) is 2. The molecular weight excluding hydrogens is 302 g/mol. The van der Waals surface area contributed by atoms with Crippen molar-refractivity contribution < 1.29 is 9.59 Å². The Labute approximate surface area is 139 Å². The summed E-state index contributed by atoms with van der Waals surface area (Å²) in [6, 6.07) is 14.6. The van der Waals surface area contributed by atoms with Crippen molar-refractivity contribution in [2.75, 3.05) is 5.32 Å². The molecule has 0 bridgehead atoms. The molecule has 2 N–H and O–H groups in total. The number of rotatable bonds is 3. The van der Waals surface area contributed by atoms with E-state index in [1.165, 1.54) is 0 Å². The maximum atomic E-state index is 12.6. The Morgan fingerprint density at radius 2 is 2.04 bits per heavy atom. The molecule has 24 heavy (non-hydrogen) atoms. The molecule has 0 saturated heterocycles. The summed E-state index contributed by atoms with van der Waals surface area (Å²) in [5, 5.41) is 3.93. The molecule has 5 heteroatoms. The molecule has 2 amide bonds.